The molecule has 2 aromatic rings. The van der Waals surface area contributed by atoms with E-state index >= 15 is 0 Å². The second-order valence-electron chi connectivity index (χ2n) is 5.65. The van der Waals surface area contributed by atoms with E-state index in [0.717, 1.165) is 10.9 Å². The second kappa shape index (κ2) is 6.11. The lowest BCUT2D eigenvalue weighted by Gasteiger charge is -2.16. The van der Waals surface area contributed by atoms with Gasteiger partial charge in [-0.3, -0.25) is 0 Å². The van der Waals surface area contributed by atoms with Crippen molar-refractivity contribution in [3.63, 3.8) is 0 Å². The molecule has 2 N–H and O–H groups in total. The maximum atomic E-state index is 6.00. The van der Waals surface area contributed by atoms with Crippen molar-refractivity contribution in [2.45, 2.75) is 31.6 Å². The van der Waals surface area contributed by atoms with Crippen molar-refractivity contribution in [2.24, 2.45) is 5.73 Å². The van der Waals surface area contributed by atoms with Crippen LogP contribution in [0.4, 0.5) is 0 Å². The van der Waals surface area contributed by atoms with Gasteiger partial charge in [0.2, 0.25) is 0 Å². The summed E-state index contributed by atoms with van der Waals surface area (Å²) in [5, 5.41) is 0. The van der Waals surface area contributed by atoms with Crippen molar-refractivity contribution in [1.82, 2.24) is 0 Å². The van der Waals surface area contributed by atoms with Gasteiger partial charge in [-0.2, -0.15) is 0 Å². The molecule has 0 aromatic heterocycles. The van der Waals surface area contributed by atoms with E-state index in [-0.39, 0.29) is 0 Å². The van der Waals surface area contributed by atoms with Gasteiger partial charge in [-0.25, -0.2) is 0 Å². The Morgan fingerprint density at radius 2 is 1.90 bits per heavy atom. The number of rotatable bonds is 4. The van der Waals surface area contributed by atoms with Gasteiger partial charge < -0.3 is 5.73 Å². The number of hydrogen-bond donors (Lipinski definition) is 1. The Morgan fingerprint density at radius 1 is 1.05 bits per heavy atom. The minimum Gasteiger partial charge on any atom is -0.330 e. The lowest BCUT2D eigenvalue weighted by atomic mass is 9.91. The molecular formula is C18H20BrN. The monoisotopic (exact) mass is 329 g/mol. The molecule has 0 bridgehead atoms. The van der Waals surface area contributed by atoms with Crippen LogP contribution in [0.2, 0.25) is 0 Å². The number of nitrogens with two attached hydrogens (primary N) is 1. The van der Waals surface area contributed by atoms with E-state index in [9.17, 15) is 0 Å². The van der Waals surface area contributed by atoms with E-state index in [0.29, 0.717) is 12.5 Å². The van der Waals surface area contributed by atoms with Crippen LogP contribution >= 0.6 is 15.9 Å². The molecular weight excluding hydrogens is 310 g/mol. The fraction of sp³-hybridized carbons (Fsp3) is 0.333. The number of hydrogen-bond acceptors (Lipinski definition) is 1. The summed E-state index contributed by atoms with van der Waals surface area (Å²) in [5.41, 5.74) is 11.8. The first kappa shape index (κ1) is 13.8. The molecule has 0 saturated carbocycles. The van der Waals surface area contributed by atoms with Crippen LogP contribution in [0.5, 0.6) is 0 Å². The molecule has 20 heavy (non-hydrogen) atoms. The van der Waals surface area contributed by atoms with Gasteiger partial charge in [0.15, 0.2) is 0 Å². The summed E-state index contributed by atoms with van der Waals surface area (Å²) in [6.07, 6.45) is 4.83. The average Bonchev–Trinajstić information content (AvgIpc) is 2.92. The minimum atomic E-state index is 0.395. The van der Waals surface area contributed by atoms with Gasteiger partial charge in [0, 0.05) is 10.4 Å². The molecule has 1 aliphatic rings. The molecule has 0 heterocycles. The topological polar surface area (TPSA) is 26.0 Å². The summed E-state index contributed by atoms with van der Waals surface area (Å²) in [6.45, 7) is 0.688. The normalized spacial score (nSPS) is 15.1. The van der Waals surface area contributed by atoms with E-state index in [1.807, 2.05) is 0 Å². The summed E-state index contributed by atoms with van der Waals surface area (Å²) in [7, 11) is 0. The highest BCUT2D eigenvalue weighted by Crippen LogP contribution is 2.27. The Kier molecular flexibility index (Phi) is 4.23. The van der Waals surface area contributed by atoms with Crippen LogP contribution in [0.25, 0.3) is 0 Å². The molecule has 0 spiro atoms. The molecule has 0 saturated heterocycles. The van der Waals surface area contributed by atoms with Gasteiger partial charge in [0.1, 0.15) is 0 Å². The number of halogens is 1. The minimum absolute atomic E-state index is 0.395. The molecule has 3 rings (SSSR count). The van der Waals surface area contributed by atoms with E-state index in [4.69, 9.17) is 5.73 Å². The largest absolute Gasteiger partial charge is 0.330 e. The number of fused-ring (bicyclic) bond motifs is 1. The maximum Gasteiger partial charge on any atom is 0.0178 e. The Labute approximate surface area is 129 Å². The molecule has 1 nitrogen and oxygen atoms in total. The lowest BCUT2D eigenvalue weighted by Crippen LogP contribution is -2.15. The molecule has 0 amide bonds. The summed E-state index contributed by atoms with van der Waals surface area (Å²) in [4.78, 5) is 0. The zero-order valence-corrected chi connectivity index (χ0v) is 13.2. The highest BCUT2D eigenvalue weighted by molar-refractivity contribution is 9.10. The van der Waals surface area contributed by atoms with Crippen molar-refractivity contribution in [3.8, 4) is 0 Å². The standard InChI is InChI=1S/C18H20BrN/c19-18-6-2-5-16(11-18)17(12-20)10-13-7-8-14-3-1-4-15(14)9-13/h2,5-9,11,17H,1,3-4,10,12,20H2. The van der Waals surface area contributed by atoms with Gasteiger partial charge in [-0.05, 0) is 66.6 Å². The SMILES string of the molecule is NCC(Cc1ccc2c(c1)CCC2)c1cccc(Br)c1. The van der Waals surface area contributed by atoms with Crippen molar-refractivity contribution >= 4 is 15.9 Å². The van der Waals surface area contributed by atoms with Crippen molar-refractivity contribution < 1.29 is 0 Å². The zero-order valence-electron chi connectivity index (χ0n) is 11.6. The van der Waals surface area contributed by atoms with Crippen LogP contribution in [0.15, 0.2) is 46.9 Å². The molecule has 1 aliphatic carbocycles. The van der Waals surface area contributed by atoms with Crippen LogP contribution in [-0.4, -0.2) is 6.54 Å². The van der Waals surface area contributed by atoms with Crippen LogP contribution in [0.1, 0.15) is 34.6 Å². The van der Waals surface area contributed by atoms with Crippen LogP contribution in [0, 0.1) is 0 Å². The predicted molar refractivity (Wildman–Crippen MR) is 88.1 cm³/mol. The van der Waals surface area contributed by atoms with E-state index in [1.165, 1.54) is 30.4 Å². The first-order valence-corrected chi connectivity index (χ1v) is 8.12. The average molecular weight is 330 g/mol. The third kappa shape index (κ3) is 2.97. The Hall–Kier alpha value is -1.12. The highest BCUT2D eigenvalue weighted by atomic mass is 79.9. The molecule has 0 radical (unpaired) electrons. The Balaban J connectivity index is 1.81. The first-order valence-electron chi connectivity index (χ1n) is 7.32. The molecule has 2 heteroatoms. The Bertz CT molecular complexity index is 606. The third-order valence-corrected chi connectivity index (χ3v) is 4.74. The highest BCUT2D eigenvalue weighted by Gasteiger charge is 2.14. The lowest BCUT2D eigenvalue weighted by molar-refractivity contribution is 0.693. The first-order chi connectivity index (χ1) is 9.76. The fourth-order valence-corrected chi connectivity index (χ4v) is 3.55. The van der Waals surface area contributed by atoms with E-state index < -0.39 is 0 Å². The summed E-state index contributed by atoms with van der Waals surface area (Å²) in [5.74, 6) is 0.395. The zero-order chi connectivity index (χ0) is 13.9. The van der Waals surface area contributed by atoms with E-state index in [2.05, 4.69) is 58.4 Å². The van der Waals surface area contributed by atoms with Crippen molar-refractivity contribution in [2.75, 3.05) is 6.54 Å². The quantitative estimate of drug-likeness (QED) is 0.892. The van der Waals surface area contributed by atoms with Crippen molar-refractivity contribution in [1.29, 1.82) is 0 Å². The molecule has 0 fully saturated rings. The van der Waals surface area contributed by atoms with Crippen LogP contribution < -0.4 is 5.73 Å². The molecule has 1 atom stereocenters. The third-order valence-electron chi connectivity index (χ3n) is 4.25. The smallest absolute Gasteiger partial charge is 0.0178 e. The maximum absolute atomic E-state index is 6.00. The number of aryl methyl sites for hydroxylation is 2. The van der Waals surface area contributed by atoms with Gasteiger partial charge in [-0.15, -0.1) is 0 Å². The van der Waals surface area contributed by atoms with Crippen LogP contribution in [0.3, 0.4) is 0 Å². The fourth-order valence-electron chi connectivity index (χ4n) is 3.13. The molecule has 0 aliphatic heterocycles. The van der Waals surface area contributed by atoms with Gasteiger partial charge in [-0.1, -0.05) is 46.3 Å². The van der Waals surface area contributed by atoms with E-state index in [1.54, 1.807) is 11.1 Å². The van der Waals surface area contributed by atoms with Gasteiger partial charge in [0.05, 0.1) is 0 Å². The van der Waals surface area contributed by atoms with Crippen molar-refractivity contribution in [3.05, 3.63) is 69.2 Å². The number of benzene rings is 2. The van der Waals surface area contributed by atoms with Crippen LogP contribution in [-0.2, 0) is 19.3 Å². The second-order valence-corrected chi connectivity index (χ2v) is 6.56. The molecule has 2 aromatic carbocycles. The summed E-state index contributed by atoms with van der Waals surface area (Å²) in [6, 6.07) is 15.5. The predicted octanol–water partition coefficient (Wildman–Crippen LogP) is 4.22. The molecule has 104 valence electrons. The summed E-state index contributed by atoms with van der Waals surface area (Å²) < 4.78 is 1.13. The Morgan fingerprint density at radius 3 is 2.70 bits per heavy atom. The summed E-state index contributed by atoms with van der Waals surface area (Å²) >= 11 is 3.54. The molecule has 1 unspecified atom stereocenters. The van der Waals surface area contributed by atoms with Gasteiger partial charge >= 0.3 is 0 Å². The van der Waals surface area contributed by atoms with Gasteiger partial charge in [0.25, 0.3) is 0 Å².